The fraction of sp³-hybridized carbons (Fsp3) is 0.476. The SMILES string of the molecule is C=C.CC(=O)CCCCCc1ccc(OCC(CCC(N)=O)NC=O)cc1. The van der Waals surface area contributed by atoms with Crippen LogP contribution in [0.15, 0.2) is 37.4 Å². The Morgan fingerprint density at radius 1 is 1.15 bits per heavy atom. The van der Waals surface area contributed by atoms with Crippen molar-refractivity contribution in [2.45, 2.75) is 57.9 Å². The summed E-state index contributed by atoms with van der Waals surface area (Å²) in [6.45, 7) is 7.91. The highest BCUT2D eigenvalue weighted by Gasteiger charge is 2.10. The number of nitrogens with two attached hydrogens (primary N) is 1. The van der Waals surface area contributed by atoms with E-state index in [2.05, 4.69) is 18.5 Å². The van der Waals surface area contributed by atoms with Crippen LogP contribution in [0.1, 0.15) is 51.0 Å². The Kier molecular flexibility index (Phi) is 14.1. The zero-order valence-corrected chi connectivity index (χ0v) is 16.2. The van der Waals surface area contributed by atoms with Gasteiger partial charge in [0.1, 0.15) is 18.1 Å². The van der Waals surface area contributed by atoms with Gasteiger partial charge in [0, 0.05) is 12.8 Å². The second-order valence-corrected chi connectivity index (χ2v) is 6.20. The topological polar surface area (TPSA) is 98.5 Å². The van der Waals surface area contributed by atoms with Crippen LogP contribution < -0.4 is 15.8 Å². The van der Waals surface area contributed by atoms with Crippen LogP contribution in [-0.4, -0.2) is 30.7 Å². The van der Waals surface area contributed by atoms with Crippen LogP contribution in [0, 0.1) is 0 Å². The van der Waals surface area contributed by atoms with Crippen LogP contribution in [-0.2, 0) is 20.8 Å². The van der Waals surface area contributed by atoms with Crippen LogP contribution in [0.4, 0.5) is 0 Å². The summed E-state index contributed by atoms with van der Waals surface area (Å²) in [6, 6.07) is 7.59. The van der Waals surface area contributed by atoms with Crippen molar-refractivity contribution < 1.29 is 19.1 Å². The van der Waals surface area contributed by atoms with Crippen LogP contribution in [0.25, 0.3) is 0 Å². The number of Topliss-reactive ketones (excluding diaryl/α,β-unsaturated/α-hetero) is 1. The van der Waals surface area contributed by atoms with Gasteiger partial charge in [-0.3, -0.25) is 9.59 Å². The minimum atomic E-state index is -0.398. The highest BCUT2D eigenvalue weighted by atomic mass is 16.5. The molecule has 0 aliphatic heterocycles. The number of unbranched alkanes of at least 4 members (excludes halogenated alkanes) is 2. The lowest BCUT2D eigenvalue weighted by Gasteiger charge is -2.16. The monoisotopic (exact) mass is 376 g/mol. The number of ether oxygens (including phenoxy) is 1. The lowest BCUT2D eigenvalue weighted by molar-refractivity contribution is -0.119. The Labute approximate surface area is 162 Å². The van der Waals surface area contributed by atoms with Gasteiger partial charge >= 0.3 is 0 Å². The number of hydrogen-bond donors (Lipinski definition) is 2. The lowest BCUT2D eigenvalue weighted by Crippen LogP contribution is -2.34. The Balaban J connectivity index is 0.00000326. The van der Waals surface area contributed by atoms with Gasteiger partial charge in [0.25, 0.3) is 0 Å². The number of carbonyl (C=O) groups is 3. The predicted molar refractivity (Wildman–Crippen MR) is 107 cm³/mol. The largest absolute Gasteiger partial charge is 0.491 e. The molecule has 1 aromatic rings. The lowest BCUT2D eigenvalue weighted by atomic mass is 10.1. The molecule has 150 valence electrons. The van der Waals surface area contributed by atoms with E-state index in [9.17, 15) is 14.4 Å². The molecule has 0 bridgehead atoms. The molecule has 0 spiro atoms. The molecule has 0 radical (unpaired) electrons. The molecule has 0 fully saturated rings. The van der Waals surface area contributed by atoms with E-state index in [1.54, 1.807) is 6.92 Å². The highest BCUT2D eigenvalue weighted by molar-refractivity contribution is 5.75. The molecule has 1 aromatic carbocycles. The number of nitrogens with one attached hydrogen (secondary N) is 1. The van der Waals surface area contributed by atoms with Gasteiger partial charge in [-0.25, -0.2) is 0 Å². The summed E-state index contributed by atoms with van der Waals surface area (Å²) < 4.78 is 5.67. The van der Waals surface area contributed by atoms with E-state index in [1.807, 2.05) is 24.3 Å². The van der Waals surface area contributed by atoms with Gasteiger partial charge in [0.15, 0.2) is 0 Å². The molecule has 6 heteroatoms. The van der Waals surface area contributed by atoms with E-state index in [0.717, 1.165) is 31.4 Å². The van der Waals surface area contributed by atoms with Crippen molar-refractivity contribution in [3.05, 3.63) is 43.0 Å². The van der Waals surface area contributed by atoms with Crippen LogP contribution in [0.3, 0.4) is 0 Å². The summed E-state index contributed by atoms with van der Waals surface area (Å²) in [5, 5.41) is 2.63. The van der Waals surface area contributed by atoms with E-state index in [0.29, 0.717) is 19.3 Å². The summed E-state index contributed by atoms with van der Waals surface area (Å²) in [5.41, 5.74) is 6.35. The van der Waals surface area contributed by atoms with Gasteiger partial charge in [0.05, 0.1) is 6.04 Å². The normalized spacial score (nSPS) is 10.9. The molecule has 6 nitrogen and oxygen atoms in total. The van der Waals surface area contributed by atoms with Crippen molar-refractivity contribution in [3.63, 3.8) is 0 Å². The fourth-order valence-electron chi connectivity index (χ4n) is 2.46. The molecule has 3 N–H and O–H groups in total. The summed E-state index contributed by atoms with van der Waals surface area (Å²) in [5.74, 6) is 0.571. The smallest absolute Gasteiger partial charge is 0.217 e. The molecule has 1 unspecified atom stereocenters. The predicted octanol–water partition coefficient (Wildman–Crippen LogP) is 2.94. The van der Waals surface area contributed by atoms with Crippen molar-refractivity contribution in [1.82, 2.24) is 5.32 Å². The Bertz CT molecular complexity index is 558. The minimum absolute atomic E-state index is 0.206. The molecule has 1 rings (SSSR count). The van der Waals surface area contributed by atoms with Crippen molar-refractivity contribution in [2.24, 2.45) is 5.73 Å². The van der Waals surface area contributed by atoms with Gasteiger partial charge in [-0.2, -0.15) is 0 Å². The van der Waals surface area contributed by atoms with Gasteiger partial charge in [-0.05, 0) is 50.3 Å². The average Bonchev–Trinajstić information content (AvgIpc) is 2.66. The minimum Gasteiger partial charge on any atom is -0.491 e. The number of amides is 2. The first kappa shape index (κ1) is 24.4. The van der Waals surface area contributed by atoms with Crippen LogP contribution >= 0.6 is 0 Å². The number of ketones is 1. The molecule has 0 aliphatic carbocycles. The van der Waals surface area contributed by atoms with Crippen molar-refractivity contribution in [2.75, 3.05) is 6.61 Å². The molecule has 0 saturated carbocycles. The number of rotatable bonds is 14. The van der Waals surface area contributed by atoms with Crippen molar-refractivity contribution in [1.29, 1.82) is 0 Å². The second kappa shape index (κ2) is 15.6. The zero-order chi connectivity index (χ0) is 20.5. The van der Waals surface area contributed by atoms with Crippen molar-refractivity contribution >= 4 is 18.1 Å². The average molecular weight is 376 g/mol. The first-order valence-electron chi connectivity index (χ1n) is 9.20. The molecular weight excluding hydrogens is 344 g/mol. The number of carbonyl (C=O) groups excluding carboxylic acids is 3. The second-order valence-electron chi connectivity index (χ2n) is 6.20. The third-order valence-corrected chi connectivity index (χ3v) is 3.91. The molecule has 1 atom stereocenters. The first-order chi connectivity index (χ1) is 13.0. The molecule has 0 aliphatic rings. The standard InChI is InChI=1S/C19H28N2O4.C2H4/c1-15(23)5-3-2-4-6-16-7-10-18(11-8-16)25-13-17(21-14-22)9-12-19(20)24;1-2/h7-8,10-11,14,17H,2-6,9,12-13H2,1H3,(H2,20,24)(H,21,22);1-2H2. The maximum Gasteiger partial charge on any atom is 0.217 e. The van der Waals surface area contributed by atoms with E-state index in [1.165, 1.54) is 5.56 Å². The summed E-state index contributed by atoms with van der Waals surface area (Å²) >= 11 is 0. The molecule has 27 heavy (non-hydrogen) atoms. The van der Waals surface area contributed by atoms with Gasteiger partial charge in [0.2, 0.25) is 12.3 Å². The third-order valence-electron chi connectivity index (χ3n) is 3.91. The molecule has 2 amide bonds. The molecular formula is C21H32N2O4. The van der Waals surface area contributed by atoms with E-state index < -0.39 is 5.91 Å². The zero-order valence-electron chi connectivity index (χ0n) is 16.2. The van der Waals surface area contributed by atoms with Gasteiger partial charge in [-0.1, -0.05) is 18.6 Å². The summed E-state index contributed by atoms with van der Waals surface area (Å²) in [4.78, 5) is 32.3. The Hall–Kier alpha value is -2.63. The quantitative estimate of drug-likeness (QED) is 0.296. The maximum absolute atomic E-state index is 10.9. The molecule has 0 heterocycles. The molecule has 0 aromatic heterocycles. The summed E-state index contributed by atoms with van der Waals surface area (Å²) in [6.07, 6.45) is 5.97. The highest BCUT2D eigenvalue weighted by Crippen LogP contribution is 2.15. The summed E-state index contributed by atoms with van der Waals surface area (Å²) in [7, 11) is 0. The Morgan fingerprint density at radius 3 is 2.37 bits per heavy atom. The van der Waals surface area contributed by atoms with Crippen molar-refractivity contribution in [3.8, 4) is 5.75 Å². The fourth-order valence-corrected chi connectivity index (χ4v) is 2.46. The van der Waals surface area contributed by atoms with E-state index in [-0.39, 0.29) is 24.9 Å². The third kappa shape index (κ3) is 13.3. The molecule has 0 saturated heterocycles. The number of benzene rings is 1. The number of hydrogen-bond acceptors (Lipinski definition) is 4. The van der Waals surface area contributed by atoms with Gasteiger partial charge < -0.3 is 20.6 Å². The van der Waals surface area contributed by atoms with Crippen LogP contribution in [0.5, 0.6) is 5.75 Å². The Morgan fingerprint density at radius 2 is 1.81 bits per heavy atom. The first-order valence-corrected chi connectivity index (χ1v) is 9.20. The number of aryl methyl sites for hydroxylation is 1. The van der Waals surface area contributed by atoms with E-state index in [4.69, 9.17) is 10.5 Å². The van der Waals surface area contributed by atoms with Crippen LogP contribution in [0.2, 0.25) is 0 Å². The maximum atomic E-state index is 10.9. The van der Waals surface area contributed by atoms with E-state index >= 15 is 0 Å². The number of primary amides is 1. The van der Waals surface area contributed by atoms with Gasteiger partial charge in [-0.15, -0.1) is 13.2 Å².